The lowest BCUT2D eigenvalue weighted by Crippen LogP contribution is -2.49. The molecule has 0 saturated carbocycles. The van der Waals surface area contributed by atoms with Gasteiger partial charge in [-0.2, -0.15) is 10.1 Å². The Kier molecular flexibility index (Phi) is 5.26. The van der Waals surface area contributed by atoms with Gasteiger partial charge in [0.25, 0.3) is 5.91 Å². The summed E-state index contributed by atoms with van der Waals surface area (Å²) in [5.41, 5.74) is 2.78. The van der Waals surface area contributed by atoms with Gasteiger partial charge in [0.15, 0.2) is 10.8 Å². The highest BCUT2D eigenvalue weighted by atomic mass is 32.1. The quantitative estimate of drug-likeness (QED) is 0.471. The van der Waals surface area contributed by atoms with Crippen molar-refractivity contribution in [1.29, 1.82) is 0 Å². The molecule has 1 fully saturated rings. The number of rotatable bonds is 4. The Bertz CT molecular complexity index is 1280. The van der Waals surface area contributed by atoms with Crippen LogP contribution in [0, 0.1) is 12.7 Å². The predicted octanol–water partition coefficient (Wildman–Crippen LogP) is 3.90. The Labute approximate surface area is 188 Å². The molecule has 2 aromatic heterocycles. The third-order valence-electron chi connectivity index (χ3n) is 5.64. The Morgan fingerprint density at radius 2 is 1.78 bits per heavy atom. The molecule has 7 nitrogen and oxygen atoms in total. The van der Waals surface area contributed by atoms with Crippen LogP contribution in [-0.2, 0) is 0 Å². The molecular weight excluding hydrogens is 429 g/mol. The summed E-state index contributed by atoms with van der Waals surface area (Å²) in [5.74, 6) is 0.0401. The normalized spacial score (nSPS) is 14.2. The lowest BCUT2D eigenvalue weighted by Gasteiger charge is -2.34. The zero-order valence-electron chi connectivity index (χ0n) is 17.8. The number of aromatic nitrogens is 3. The summed E-state index contributed by atoms with van der Waals surface area (Å²) >= 11 is 1.61. The van der Waals surface area contributed by atoms with E-state index in [4.69, 9.17) is 9.72 Å². The molecule has 1 amide bonds. The first-order valence-electron chi connectivity index (χ1n) is 10.3. The van der Waals surface area contributed by atoms with Crippen molar-refractivity contribution in [2.75, 3.05) is 38.2 Å². The van der Waals surface area contributed by atoms with Crippen LogP contribution in [0.5, 0.6) is 5.75 Å². The molecule has 2 aromatic carbocycles. The Morgan fingerprint density at radius 1 is 1.06 bits per heavy atom. The molecule has 0 aliphatic carbocycles. The van der Waals surface area contributed by atoms with E-state index in [1.165, 1.54) is 12.1 Å². The molecule has 0 N–H and O–H groups in total. The average Bonchev–Trinajstić information content (AvgIpc) is 3.40. The number of hydrogen-bond acceptors (Lipinski definition) is 6. The minimum Gasteiger partial charge on any atom is -0.497 e. The molecular formula is C23H22FN5O2S. The molecule has 164 valence electrons. The van der Waals surface area contributed by atoms with E-state index in [0.717, 1.165) is 32.6 Å². The number of methoxy groups -OCH3 is 1. The Hall–Kier alpha value is -3.46. The lowest BCUT2D eigenvalue weighted by molar-refractivity contribution is 0.0742. The molecule has 5 rings (SSSR count). The fourth-order valence-corrected chi connectivity index (χ4v) is 4.91. The SMILES string of the molecule is COc1ccc(-n2nc(C)c3sc(N4CCN(C(=O)c5ccccc5F)CC4)nc32)cc1. The maximum absolute atomic E-state index is 14.0. The summed E-state index contributed by atoms with van der Waals surface area (Å²) in [4.78, 5) is 21.4. The second kappa shape index (κ2) is 8.23. The Morgan fingerprint density at radius 3 is 2.47 bits per heavy atom. The number of fused-ring (bicyclic) bond motifs is 1. The van der Waals surface area contributed by atoms with Gasteiger partial charge in [0.05, 0.1) is 28.8 Å². The monoisotopic (exact) mass is 451 g/mol. The number of aryl methyl sites for hydroxylation is 1. The average molecular weight is 452 g/mol. The lowest BCUT2D eigenvalue weighted by atomic mass is 10.1. The van der Waals surface area contributed by atoms with Crippen LogP contribution in [-0.4, -0.2) is 58.9 Å². The molecule has 1 aliphatic heterocycles. The number of anilines is 1. The first-order chi connectivity index (χ1) is 15.5. The minimum absolute atomic E-state index is 0.121. The van der Waals surface area contributed by atoms with Crippen LogP contribution >= 0.6 is 11.3 Å². The molecule has 0 atom stereocenters. The minimum atomic E-state index is -0.482. The molecule has 32 heavy (non-hydrogen) atoms. The predicted molar refractivity (Wildman–Crippen MR) is 123 cm³/mol. The first kappa shape index (κ1) is 20.4. The van der Waals surface area contributed by atoms with Crippen LogP contribution in [0.15, 0.2) is 48.5 Å². The molecule has 0 radical (unpaired) electrons. The maximum atomic E-state index is 14.0. The van der Waals surface area contributed by atoms with E-state index in [2.05, 4.69) is 10.00 Å². The molecule has 0 spiro atoms. The van der Waals surface area contributed by atoms with Crippen molar-refractivity contribution in [1.82, 2.24) is 19.7 Å². The van der Waals surface area contributed by atoms with Crippen LogP contribution in [0.1, 0.15) is 16.1 Å². The largest absolute Gasteiger partial charge is 0.497 e. The molecule has 1 aliphatic rings. The highest BCUT2D eigenvalue weighted by Gasteiger charge is 2.26. The van der Waals surface area contributed by atoms with Crippen molar-refractivity contribution >= 4 is 32.7 Å². The third-order valence-corrected chi connectivity index (χ3v) is 6.85. The van der Waals surface area contributed by atoms with Crippen molar-refractivity contribution < 1.29 is 13.9 Å². The zero-order valence-corrected chi connectivity index (χ0v) is 18.6. The molecule has 9 heteroatoms. The van der Waals surface area contributed by atoms with Gasteiger partial charge in [0, 0.05) is 26.2 Å². The number of thiazole rings is 1. The number of ether oxygens (including phenoxy) is 1. The van der Waals surface area contributed by atoms with Crippen LogP contribution in [0.3, 0.4) is 0 Å². The van der Waals surface area contributed by atoms with Gasteiger partial charge in [0.1, 0.15) is 11.6 Å². The zero-order chi connectivity index (χ0) is 22.2. The van der Waals surface area contributed by atoms with Crippen molar-refractivity contribution in [3.8, 4) is 11.4 Å². The first-order valence-corrected chi connectivity index (χ1v) is 11.2. The summed E-state index contributed by atoms with van der Waals surface area (Å²) in [7, 11) is 1.64. The standard InChI is InChI=1S/C23H22FN5O2S/c1-15-20-21(29(26-15)16-7-9-17(31-2)10-8-16)25-23(32-20)28-13-11-27(12-14-28)22(30)18-5-3-4-6-19(18)24/h3-10H,11-14H2,1-2H3. The summed E-state index contributed by atoms with van der Waals surface area (Å²) in [6, 6.07) is 13.8. The van der Waals surface area contributed by atoms with E-state index in [1.807, 2.05) is 35.9 Å². The van der Waals surface area contributed by atoms with Gasteiger partial charge in [-0.15, -0.1) is 0 Å². The van der Waals surface area contributed by atoms with E-state index >= 15 is 0 Å². The fraction of sp³-hybridized carbons (Fsp3) is 0.261. The van der Waals surface area contributed by atoms with Crippen LogP contribution in [0.25, 0.3) is 16.0 Å². The van der Waals surface area contributed by atoms with E-state index in [9.17, 15) is 9.18 Å². The number of nitrogens with zero attached hydrogens (tertiary/aromatic N) is 5. The van der Waals surface area contributed by atoms with Gasteiger partial charge in [-0.25, -0.2) is 9.07 Å². The van der Waals surface area contributed by atoms with E-state index in [1.54, 1.807) is 35.5 Å². The summed E-state index contributed by atoms with van der Waals surface area (Å²) in [6.07, 6.45) is 0. The van der Waals surface area contributed by atoms with Gasteiger partial charge >= 0.3 is 0 Å². The van der Waals surface area contributed by atoms with Gasteiger partial charge in [-0.05, 0) is 43.3 Å². The van der Waals surface area contributed by atoms with Crippen molar-refractivity contribution in [3.63, 3.8) is 0 Å². The highest BCUT2D eigenvalue weighted by molar-refractivity contribution is 7.22. The van der Waals surface area contributed by atoms with Gasteiger partial charge in [-0.3, -0.25) is 4.79 Å². The molecule has 0 bridgehead atoms. The maximum Gasteiger partial charge on any atom is 0.256 e. The molecule has 4 aromatic rings. The van der Waals surface area contributed by atoms with Crippen LogP contribution < -0.4 is 9.64 Å². The number of halogens is 1. The molecule has 3 heterocycles. The van der Waals surface area contributed by atoms with Crippen molar-refractivity contribution in [2.24, 2.45) is 0 Å². The third kappa shape index (κ3) is 3.58. The number of hydrogen-bond donors (Lipinski definition) is 0. The number of carbonyl (C=O) groups excluding carboxylic acids is 1. The number of amides is 1. The number of benzene rings is 2. The second-order valence-corrected chi connectivity index (χ2v) is 8.58. The van der Waals surface area contributed by atoms with E-state index < -0.39 is 5.82 Å². The van der Waals surface area contributed by atoms with Crippen LogP contribution in [0.4, 0.5) is 9.52 Å². The van der Waals surface area contributed by atoms with E-state index in [0.29, 0.717) is 26.2 Å². The van der Waals surface area contributed by atoms with Gasteiger partial charge < -0.3 is 14.5 Å². The number of carbonyl (C=O) groups is 1. The summed E-state index contributed by atoms with van der Waals surface area (Å²) in [5, 5.41) is 5.56. The second-order valence-electron chi connectivity index (χ2n) is 7.60. The number of piperazine rings is 1. The topological polar surface area (TPSA) is 63.5 Å². The molecule has 0 unspecified atom stereocenters. The van der Waals surface area contributed by atoms with E-state index in [-0.39, 0.29) is 11.5 Å². The smallest absolute Gasteiger partial charge is 0.256 e. The van der Waals surface area contributed by atoms with Crippen LogP contribution in [0.2, 0.25) is 0 Å². The molecule has 1 saturated heterocycles. The highest BCUT2D eigenvalue weighted by Crippen LogP contribution is 2.33. The fourth-order valence-electron chi connectivity index (χ4n) is 3.87. The van der Waals surface area contributed by atoms with Crippen molar-refractivity contribution in [2.45, 2.75) is 6.92 Å². The van der Waals surface area contributed by atoms with Gasteiger partial charge in [-0.1, -0.05) is 23.5 Å². The Balaban J connectivity index is 1.35. The summed E-state index contributed by atoms with van der Waals surface area (Å²) < 4.78 is 22.1. The van der Waals surface area contributed by atoms with Gasteiger partial charge in [0.2, 0.25) is 0 Å². The van der Waals surface area contributed by atoms with Crippen molar-refractivity contribution in [3.05, 3.63) is 65.6 Å². The summed E-state index contributed by atoms with van der Waals surface area (Å²) in [6.45, 7) is 4.31.